The van der Waals surface area contributed by atoms with Gasteiger partial charge in [-0.05, 0) is 62.2 Å². The lowest BCUT2D eigenvalue weighted by atomic mass is 9.89. The van der Waals surface area contributed by atoms with Gasteiger partial charge in [-0.2, -0.15) is 0 Å². The average molecular weight is 442 g/mol. The van der Waals surface area contributed by atoms with Crippen LogP contribution in [0.3, 0.4) is 0 Å². The van der Waals surface area contributed by atoms with Crippen molar-refractivity contribution < 1.29 is 9.29 Å². The number of aliphatic imine (C=N–C) groups is 1. The molecule has 0 amide bonds. The van der Waals surface area contributed by atoms with E-state index in [0.29, 0.717) is 17.7 Å². The van der Waals surface area contributed by atoms with Crippen LogP contribution in [0.4, 0.5) is 0 Å². The summed E-state index contributed by atoms with van der Waals surface area (Å²) in [5, 5.41) is 3.60. The van der Waals surface area contributed by atoms with Crippen LogP contribution < -0.4 is 5.32 Å². The first-order chi connectivity index (χ1) is 15.0. The van der Waals surface area contributed by atoms with E-state index in [2.05, 4.69) is 54.9 Å². The molecule has 3 aliphatic heterocycles. The number of nitrogens with zero attached hydrogens (tertiary/aromatic N) is 2. The van der Waals surface area contributed by atoms with Crippen molar-refractivity contribution >= 4 is 17.0 Å². The van der Waals surface area contributed by atoms with Crippen molar-refractivity contribution in [2.24, 2.45) is 4.99 Å². The first-order valence-corrected chi connectivity index (χ1v) is 12.8. The van der Waals surface area contributed by atoms with Crippen molar-refractivity contribution in [3.8, 4) is 0 Å². The zero-order valence-electron chi connectivity index (χ0n) is 18.9. The second-order valence-corrected chi connectivity index (χ2v) is 10.5. The summed E-state index contributed by atoms with van der Waals surface area (Å²) in [6, 6.07) is 9.22. The summed E-state index contributed by atoms with van der Waals surface area (Å²) in [6.07, 6.45) is 4.96. The minimum Gasteiger partial charge on any atom is -0.611 e. The molecule has 3 aliphatic rings. The van der Waals surface area contributed by atoms with Crippen LogP contribution in [0.5, 0.6) is 0 Å². The van der Waals surface area contributed by atoms with Gasteiger partial charge in [0.1, 0.15) is 11.6 Å². The molecule has 0 radical (unpaired) electrons. The number of likely N-dealkylation sites (tertiary alicyclic amines) is 1. The Bertz CT molecular complexity index is 852. The van der Waals surface area contributed by atoms with Gasteiger partial charge in [0.05, 0.1) is 0 Å². The molecular formula is C25H35N3O2S. The number of aryl methyl sites for hydroxylation is 1. The van der Waals surface area contributed by atoms with Crippen molar-refractivity contribution in [2.45, 2.75) is 57.9 Å². The van der Waals surface area contributed by atoms with E-state index in [4.69, 9.17) is 9.73 Å². The monoisotopic (exact) mass is 441 g/mol. The molecule has 0 aromatic heterocycles. The van der Waals surface area contributed by atoms with Gasteiger partial charge in [-0.3, -0.25) is 0 Å². The first-order valence-electron chi connectivity index (χ1n) is 11.5. The lowest BCUT2D eigenvalue weighted by Crippen LogP contribution is -2.38. The summed E-state index contributed by atoms with van der Waals surface area (Å²) < 4.78 is 18.2. The van der Waals surface area contributed by atoms with Gasteiger partial charge in [0, 0.05) is 44.3 Å². The summed E-state index contributed by atoms with van der Waals surface area (Å²) >= 11 is -1.02. The minimum atomic E-state index is -1.02. The third kappa shape index (κ3) is 5.54. The maximum absolute atomic E-state index is 12.7. The minimum absolute atomic E-state index is 0.310. The zero-order valence-corrected chi connectivity index (χ0v) is 19.7. The Balaban J connectivity index is 1.48. The predicted octanol–water partition coefficient (Wildman–Crippen LogP) is 4.24. The molecule has 1 aromatic carbocycles. The van der Waals surface area contributed by atoms with Crippen LogP contribution in [-0.2, 0) is 15.9 Å². The van der Waals surface area contributed by atoms with E-state index in [9.17, 15) is 4.55 Å². The van der Waals surface area contributed by atoms with E-state index in [1.54, 1.807) is 0 Å². The average Bonchev–Trinajstić information content (AvgIpc) is 3.12. The van der Waals surface area contributed by atoms with Crippen LogP contribution >= 0.6 is 0 Å². The third-order valence-electron chi connectivity index (χ3n) is 6.65. The molecule has 0 saturated carbocycles. The quantitative estimate of drug-likeness (QED) is 0.431. The fourth-order valence-corrected chi connectivity index (χ4v) is 6.12. The van der Waals surface area contributed by atoms with Gasteiger partial charge in [-0.15, -0.1) is 0 Å². The smallest absolute Gasteiger partial charge is 0.197 e. The van der Waals surface area contributed by atoms with Gasteiger partial charge in [-0.1, -0.05) is 36.4 Å². The molecule has 6 heteroatoms. The Hall–Kier alpha value is -1.76. The maximum Gasteiger partial charge on any atom is 0.197 e. The van der Waals surface area contributed by atoms with E-state index in [1.165, 1.54) is 11.1 Å². The summed E-state index contributed by atoms with van der Waals surface area (Å²) in [4.78, 5) is 8.20. The number of allylic oxidation sites excluding steroid dienone is 1. The number of ether oxygens (including phenoxy) is 1. The molecule has 3 fully saturated rings. The van der Waals surface area contributed by atoms with Crippen LogP contribution in [0.25, 0.3) is 0 Å². The number of nitrogens with one attached hydrogen (secondary N) is 1. The molecule has 1 aromatic rings. The van der Waals surface area contributed by atoms with Crippen molar-refractivity contribution in [1.82, 2.24) is 10.2 Å². The molecule has 0 spiro atoms. The zero-order chi connectivity index (χ0) is 21.8. The summed E-state index contributed by atoms with van der Waals surface area (Å²) in [5.74, 6) is 3.04. The Morgan fingerprint density at radius 2 is 1.97 bits per heavy atom. The van der Waals surface area contributed by atoms with Gasteiger partial charge in [0.2, 0.25) is 0 Å². The second-order valence-electron chi connectivity index (χ2n) is 8.95. The number of hydrogen-bond acceptors (Lipinski definition) is 4. The Labute approximate surface area is 189 Å². The molecule has 168 valence electrons. The number of amidine groups is 1. The van der Waals surface area contributed by atoms with Gasteiger partial charge < -0.3 is 19.5 Å². The van der Waals surface area contributed by atoms with E-state index in [-0.39, 0.29) is 0 Å². The number of rotatable bonds is 4. The SMILES string of the molecule is C=C1CC[S+]([O-])/C1=C(/N=C(\C)N1CCC(c2cccc(C)c2)CC1)NC1CCOCC1. The van der Waals surface area contributed by atoms with Gasteiger partial charge in [0.25, 0.3) is 0 Å². The molecule has 3 heterocycles. The van der Waals surface area contributed by atoms with Crippen molar-refractivity contribution in [1.29, 1.82) is 0 Å². The maximum atomic E-state index is 12.7. The topological polar surface area (TPSA) is 59.9 Å². The molecule has 3 saturated heterocycles. The lowest BCUT2D eigenvalue weighted by Gasteiger charge is -2.34. The number of piperidine rings is 1. The molecule has 4 rings (SSSR count). The largest absolute Gasteiger partial charge is 0.611 e. The van der Waals surface area contributed by atoms with Crippen molar-refractivity contribution in [3.63, 3.8) is 0 Å². The third-order valence-corrected chi connectivity index (χ3v) is 8.17. The van der Waals surface area contributed by atoms with Crippen LogP contribution in [0.1, 0.15) is 56.1 Å². The van der Waals surface area contributed by atoms with E-state index >= 15 is 0 Å². The Morgan fingerprint density at radius 1 is 1.23 bits per heavy atom. The van der Waals surface area contributed by atoms with E-state index < -0.39 is 11.2 Å². The molecule has 0 aliphatic carbocycles. The predicted molar refractivity (Wildman–Crippen MR) is 129 cm³/mol. The molecule has 1 unspecified atom stereocenters. The highest BCUT2D eigenvalue weighted by atomic mass is 32.2. The molecular weight excluding hydrogens is 406 g/mol. The Kier molecular flexibility index (Phi) is 7.41. The summed E-state index contributed by atoms with van der Waals surface area (Å²) in [7, 11) is 0. The normalized spacial score (nSPS) is 25.8. The van der Waals surface area contributed by atoms with Crippen LogP contribution in [0.15, 0.2) is 52.1 Å². The number of hydrogen-bond donors (Lipinski definition) is 1. The van der Waals surface area contributed by atoms with Gasteiger partial charge >= 0.3 is 0 Å². The Morgan fingerprint density at radius 3 is 2.61 bits per heavy atom. The van der Waals surface area contributed by atoms with Gasteiger partial charge in [-0.25, -0.2) is 4.99 Å². The molecule has 1 atom stereocenters. The lowest BCUT2D eigenvalue weighted by molar-refractivity contribution is 0.0803. The second kappa shape index (κ2) is 10.2. The van der Waals surface area contributed by atoms with Crippen LogP contribution in [-0.4, -0.2) is 53.4 Å². The molecule has 31 heavy (non-hydrogen) atoms. The molecule has 5 nitrogen and oxygen atoms in total. The fourth-order valence-electron chi connectivity index (χ4n) is 4.74. The number of benzene rings is 1. The fraction of sp³-hybridized carbons (Fsp3) is 0.560. The van der Waals surface area contributed by atoms with Crippen molar-refractivity contribution in [2.75, 3.05) is 32.1 Å². The standard InChI is InChI=1S/C25H35N3O2S/c1-18-5-4-6-22(17-18)21-7-12-28(13-8-21)20(3)26-25(24-19(2)11-16-31(24)29)27-23-9-14-30-15-10-23/h4-6,17,21,23,27H,2,7-16H2,1,3H3/b25-24-,26-20+. The van der Waals surface area contributed by atoms with Crippen LogP contribution in [0.2, 0.25) is 0 Å². The molecule has 1 N–H and O–H groups in total. The highest BCUT2D eigenvalue weighted by molar-refractivity contribution is 7.95. The first kappa shape index (κ1) is 22.4. The van der Waals surface area contributed by atoms with E-state index in [1.807, 2.05) is 0 Å². The highest BCUT2D eigenvalue weighted by Gasteiger charge is 2.32. The van der Waals surface area contributed by atoms with E-state index in [0.717, 1.165) is 80.5 Å². The summed E-state index contributed by atoms with van der Waals surface area (Å²) in [6.45, 7) is 11.9. The van der Waals surface area contributed by atoms with Crippen LogP contribution in [0, 0.1) is 6.92 Å². The summed E-state index contributed by atoms with van der Waals surface area (Å²) in [5.41, 5.74) is 3.75. The molecule has 0 bridgehead atoms. The van der Waals surface area contributed by atoms with Gasteiger partial charge in [0.15, 0.2) is 10.7 Å². The van der Waals surface area contributed by atoms with Crippen molar-refractivity contribution in [3.05, 3.63) is 58.3 Å². The highest BCUT2D eigenvalue weighted by Crippen LogP contribution is 2.33.